The summed E-state index contributed by atoms with van der Waals surface area (Å²) in [5.74, 6) is 0.348. The van der Waals surface area contributed by atoms with Gasteiger partial charge in [0.1, 0.15) is 11.6 Å². The number of carbonyl (C=O) groups excluding carboxylic acids is 1. The first-order chi connectivity index (χ1) is 12.3. The van der Waals surface area contributed by atoms with Crippen LogP contribution in [-0.2, 0) is 4.79 Å². The van der Waals surface area contributed by atoms with E-state index in [-0.39, 0.29) is 23.4 Å². The van der Waals surface area contributed by atoms with E-state index in [1.807, 2.05) is 25.1 Å². The van der Waals surface area contributed by atoms with Crippen molar-refractivity contribution in [2.45, 2.75) is 26.7 Å². The Bertz CT molecular complexity index is 779. The predicted octanol–water partition coefficient (Wildman–Crippen LogP) is 3.65. The zero-order valence-electron chi connectivity index (χ0n) is 14.9. The molecule has 0 aliphatic heterocycles. The Morgan fingerprint density at radius 2 is 1.85 bits per heavy atom. The zero-order valence-corrected chi connectivity index (χ0v) is 15.7. The Balaban J connectivity index is 1.79. The number of ether oxygens (including phenoxy) is 1. The molecule has 0 aromatic heterocycles. The van der Waals surface area contributed by atoms with Crippen LogP contribution in [0.15, 0.2) is 42.5 Å². The molecule has 0 spiro atoms. The first kappa shape index (κ1) is 19.7. The van der Waals surface area contributed by atoms with Crippen molar-refractivity contribution >= 4 is 28.9 Å². The zero-order chi connectivity index (χ0) is 19.1. The smallest absolute Gasteiger partial charge is 0.276 e. The van der Waals surface area contributed by atoms with Crippen LogP contribution in [0.4, 0.5) is 10.1 Å². The van der Waals surface area contributed by atoms with Crippen molar-refractivity contribution < 1.29 is 13.9 Å². The van der Waals surface area contributed by atoms with E-state index in [4.69, 9.17) is 17.0 Å². The van der Waals surface area contributed by atoms with Crippen molar-refractivity contribution in [2.24, 2.45) is 0 Å². The highest BCUT2D eigenvalue weighted by Gasteiger charge is 2.08. The van der Waals surface area contributed by atoms with Crippen molar-refractivity contribution in [3.05, 3.63) is 59.4 Å². The number of aryl methyl sites for hydroxylation is 1. The number of halogens is 1. The molecule has 0 fully saturated rings. The van der Waals surface area contributed by atoms with Gasteiger partial charge in [-0.1, -0.05) is 26.0 Å². The van der Waals surface area contributed by atoms with Crippen LogP contribution >= 0.6 is 12.2 Å². The lowest BCUT2D eigenvalue weighted by molar-refractivity contribution is -0.123. The lowest BCUT2D eigenvalue weighted by Gasteiger charge is -2.14. The minimum Gasteiger partial charge on any atom is -0.483 e. The molecule has 0 atom stereocenters. The number of anilines is 1. The molecule has 0 aliphatic carbocycles. The average molecular weight is 375 g/mol. The third-order valence-electron chi connectivity index (χ3n) is 3.66. The van der Waals surface area contributed by atoms with E-state index in [0.717, 1.165) is 11.1 Å². The van der Waals surface area contributed by atoms with Gasteiger partial charge in [0.15, 0.2) is 11.7 Å². The molecule has 7 heteroatoms. The molecule has 2 aromatic rings. The van der Waals surface area contributed by atoms with Gasteiger partial charge in [0.05, 0.1) is 0 Å². The molecule has 0 heterocycles. The Kier molecular flexibility index (Phi) is 6.91. The predicted molar refractivity (Wildman–Crippen MR) is 105 cm³/mol. The number of hydrogen-bond donors (Lipinski definition) is 3. The van der Waals surface area contributed by atoms with Crippen LogP contribution in [0, 0.1) is 12.7 Å². The Morgan fingerprint density at radius 1 is 1.15 bits per heavy atom. The van der Waals surface area contributed by atoms with Crippen LogP contribution in [0.3, 0.4) is 0 Å². The van der Waals surface area contributed by atoms with Gasteiger partial charge in [0.25, 0.3) is 5.91 Å². The molecule has 0 unspecified atom stereocenters. The van der Waals surface area contributed by atoms with Crippen molar-refractivity contribution in [1.29, 1.82) is 0 Å². The van der Waals surface area contributed by atoms with E-state index in [2.05, 4.69) is 30.0 Å². The van der Waals surface area contributed by atoms with Crippen molar-refractivity contribution in [2.75, 3.05) is 11.9 Å². The topological polar surface area (TPSA) is 62.4 Å². The summed E-state index contributed by atoms with van der Waals surface area (Å²) in [5.41, 5.74) is 7.74. The fourth-order valence-electron chi connectivity index (χ4n) is 2.13. The molecule has 138 valence electrons. The molecule has 26 heavy (non-hydrogen) atoms. The summed E-state index contributed by atoms with van der Waals surface area (Å²) in [6.45, 7) is 5.98. The lowest BCUT2D eigenvalue weighted by atomic mass is 10.0. The first-order valence-corrected chi connectivity index (χ1v) is 8.60. The monoisotopic (exact) mass is 375 g/mol. The third kappa shape index (κ3) is 6.00. The Hall–Kier alpha value is -2.67. The number of thiocarbonyl (C=S) groups is 1. The van der Waals surface area contributed by atoms with Crippen LogP contribution in [0.2, 0.25) is 0 Å². The van der Waals surface area contributed by atoms with Gasteiger partial charge in [-0.3, -0.25) is 15.6 Å². The van der Waals surface area contributed by atoms with E-state index in [0.29, 0.717) is 17.4 Å². The summed E-state index contributed by atoms with van der Waals surface area (Å²) in [5, 5.41) is 3.01. The minimum atomic E-state index is -0.373. The molecule has 0 bridgehead atoms. The van der Waals surface area contributed by atoms with Crippen LogP contribution in [-0.4, -0.2) is 17.6 Å². The molecule has 0 saturated heterocycles. The normalized spacial score (nSPS) is 10.3. The maximum Gasteiger partial charge on any atom is 0.276 e. The number of amides is 1. The minimum absolute atomic E-state index is 0.144. The van der Waals surface area contributed by atoms with Crippen LogP contribution in [0.25, 0.3) is 0 Å². The Morgan fingerprint density at radius 3 is 2.50 bits per heavy atom. The number of nitrogens with one attached hydrogen (secondary N) is 3. The maximum absolute atomic E-state index is 12.9. The molecular weight excluding hydrogens is 353 g/mol. The summed E-state index contributed by atoms with van der Waals surface area (Å²) in [7, 11) is 0. The highest BCUT2D eigenvalue weighted by atomic mass is 32.1. The van der Waals surface area contributed by atoms with Crippen LogP contribution in [0.5, 0.6) is 5.75 Å². The first-order valence-electron chi connectivity index (χ1n) is 8.20. The maximum atomic E-state index is 12.9. The van der Waals surface area contributed by atoms with E-state index in [9.17, 15) is 9.18 Å². The summed E-state index contributed by atoms with van der Waals surface area (Å²) in [4.78, 5) is 11.9. The number of rotatable bonds is 5. The molecule has 0 radical (unpaired) electrons. The molecule has 2 aromatic carbocycles. The van der Waals surface area contributed by atoms with E-state index in [1.165, 1.54) is 12.1 Å². The summed E-state index contributed by atoms with van der Waals surface area (Å²) < 4.78 is 18.4. The number of benzene rings is 2. The second kappa shape index (κ2) is 9.15. The molecule has 5 nitrogen and oxygen atoms in total. The summed E-state index contributed by atoms with van der Waals surface area (Å²) in [6, 6.07) is 11.7. The molecule has 1 amide bonds. The SMILES string of the molecule is Cc1ccc(C(C)C)cc1OCC(=O)NNC(=S)Nc1ccc(F)cc1. The standard InChI is InChI=1S/C19H22FN3O2S/c1-12(2)14-5-4-13(3)17(10-14)25-11-18(24)22-23-19(26)21-16-8-6-15(20)7-9-16/h4-10,12H,11H2,1-3H3,(H,22,24)(H2,21,23,26). The van der Waals surface area contributed by atoms with Crippen molar-refractivity contribution in [1.82, 2.24) is 10.9 Å². The third-order valence-corrected chi connectivity index (χ3v) is 3.86. The lowest BCUT2D eigenvalue weighted by Crippen LogP contribution is -2.45. The number of carbonyl (C=O) groups is 1. The van der Waals surface area contributed by atoms with E-state index < -0.39 is 0 Å². The largest absolute Gasteiger partial charge is 0.483 e. The second-order valence-corrected chi connectivity index (χ2v) is 6.51. The summed E-state index contributed by atoms with van der Waals surface area (Å²) >= 11 is 5.06. The van der Waals surface area contributed by atoms with Gasteiger partial charge < -0.3 is 10.1 Å². The highest BCUT2D eigenvalue weighted by molar-refractivity contribution is 7.80. The number of hydrogen-bond acceptors (Lipinski definition) is 3. The molecule has 2 rings (SSSR count). The Labute approximate surface area is 157 Å². The summed E-state index contributed by atoms with van der Waals surface area (Å²) in [6.07, 6.45) is 0. The van der Waals surface area contributed by atoms with Gasteiger partial charge in [0.2, 0.25) is 0 Å². The van der Waals surface area contributed by atoms with Gasteiger partial charge in [-0.2, -0.15) is 0 Å². The van der Waals surface area contributed by atoms with Gasteiger partial charge >= 0.3 is 0 Å². The fraction of sp³-hybridized carbons (Fsp3) is 0.263. The molecule has 0 saturated carbocycles. The fourth-order valence-corrected chi connectivity index (χ4v) is 2.30. The van der Waals surface area contributed by atoms with Gasteiger partial charge in [-0.15, -0.1) is 0 Å². The van der Waals surface area contributed by atoms with Crippen LogP contribution < -0.4 is 20.9 Å². The molecule has 0 aliphatic rings. The molecule has 3 N–H and O–H groups in total. The molecular formula is C19H22FN3O2S. The van der Waals surface area contributed by atoms with Crippen molar-refractivity contribution in [3.63, 3.8) is 0 Å². The van der Waals surface area contributed by atoms with E-state index >= 15 is 0 Å². The van der Waals surface area contributed by atoms with Gasteiger partial charge in [-0.05, 0) is 66.5 Å². The van der Waals surface area contributed by atoms with Gasteiger partial charge in [-0.25, -0.2) is 4.39 Å². The quantitative estimate of drug-likeness (QED) is 0.550. The van der Waals surface area contributed by atoms with E-state index in [1.54, 1.807) is 12.1 Å². The number of hydrazine groups is 1. The van der Waals surface area contributed by atoms with Crippen LogP contribution in [0.1, 0.15) is 30.9 Å². The average Bonchev–Trinajstić information content (AvgIpc) is 2.61. The second-order valence-electron chi connectivity index (χ2n) is 6.10. The van der Waals surface area contributed by atoms with Crippen molar-refractivity contribution in [3.8, 4) is 5.75 Å². The van der Waals surface area contributed by atoms with Gasteiger partial charge in [0, 0.05) is 5.69 Å². The highest BCUT2D eigenvalue weighted by Crippen LogP contribution is 2.24.